The average Bonchev–Trinajstić information content (AvgIpc) is 2.95. The molecule has 2 aromatic carbocycles. The van der Waals surface area contributed by atoms with Gasteiger partial charge in [0.1, 0.15) is 0 Å². The molecule has 0 N–H and O–H groups in total. The number of nitrogens with zero attached hydrogens (tertiary/aromatic N) is 2. The molecule has 138 valence electrons. The van der Waals surface area contributed by atoms with Crippen LogP contribution in [0.25, 0.3) is 0 Å². The Bertz CT molecular complexity index is 934. The van der Waals surface area contributed by atoms with Crippen LogP contribution in [0.4, 0.5) is 18.9 Å². The van der Waals surface area contributed by atoms with Gasteiger partial charge in [-0.05, 0) is 48.9 Å². The van der Waals surface area contributed by atoms with Gasteiger partial charge in [0.05, 0.1) is 22.2 Å². The fourth-order valence-electron chi connectivity index (χ4n) is 2.90. The summed E-state index contributed by atoms with van der Waals surface area (Å²) in [6, 6.07) is 11.1. The van der Waals surface area contributed by atoms with Crippen molar-refractivity contribution in [3.05, 3.63) is 59.7 Å². The maximum Gasteiger partial charge on any atom is 0.416 e. The molecule has 4 nitrogen and oxygen atoms in total. The van der Waals surface area contributed by atoms with E-state index in [1.165, 1.54) is 24.3 Å². The number of hydrogen-bond acceptors (Lipinski definition) is 4. The van der Waals surface area contributed by atoms with Gasteiger partial charge in [-0.25, -0.2) is 8.42 Å². The quantitative estimate of drug-likeness (QED) is 0.789. The van der Waals surface area contributed by atoms with Gasteiger partial charge >= 0.3 is 6.18 Å². The average molecular weight is 382 g/mol. The lowest BCUT2D eigenvalue weighted by Gasteiger charge is -2.24. The summed E-state index contributed by atoms with van der Waals surface area (Å²) >= 11 is 0. The van der Waals surface area contributed by atoms with Gasteiger partial charge in [0.25, 0.3) is 0 Å². The molecular weight excluding hydrogens is 365 g/mol. The first-order valence-electron chi connectivity index (χ1n) is 7.86. The molecule has 3 rings (SSSR count). The third-order valence-electron chi connectivity index (χ3n) is 4.21. The van der Waals surface area contributed by atoms with Crippen molar-refractivity contribution in [2.75, 3.05) is 11.3 Å². The van der Waals surface area contributed by atoms with E-state index in [-0.39, 0.29) is 10.9 Å². The zero-order valence-corrected chi connectivity index (χ0v) is 15.0. The van der Waals surface area contributed by atoms with Gasteiger partial charge in [0.15, 0.2) is 9.84 Å². The smallest absolute Gasteiger partial charge is 0.258 e. The van der Waals surface area contributed by atoms with E-state index in [0.29, 0.717) is 17.7 Å². The summed E-state index contributed by atoms with van der Waals surface area (Å²) in [4.78, 5) is 0.201. The Labute approximate surface area is 149 Å². The van der Waals surface area contributed by atoms with Gasteiger partial charge in [-0.2, -0.15) is 18.3 Å². The number of anilines is 1. The highest BCUT2D eigenvalue weighted by molar-refractivity contribution is 7.90. The van der Waals surface area contributed by atoms with Gasteiger partial charge in [-0.1, -0.05) is 12.1 Å². The molecule has 1 atom stereocenters. The van der Waals surface area contributed by atoms with Crippen molar-refractivity contribution in [1.82, 2.24) is 0 Å². The number of hydrazone groups is 1. The lowest BCUT2D eigenvalue weighted by atomic mass is 10.0. The fourth-order valence-corrected chi connectivity index (χ4v) is 3.53. The number of sulfone groups is 1. The van der Waals surface area contributed by atoms with Crippen LogP contribution in [0.3, 0.4) is 0 Å². The van der Waals surface area contributed by atoms with Crippen LogP contribution in [0.5, 0.6) is 0 Å². The Morgan fingerprint density at radius 2 is 1.62 bits per heavy atom. The van der Waals surface area contributed by atoms with E-state index >= 15 is 0 Å². The van der Waals surface area contributed by atoms with Crippen LogP contribution in [-0.4, -0.2) is 20.4 Å². The first kappa shape index (κ1) is 18.4. The van der Waals surface area contributed by atoms with Crippen LogP contribution in [-0.2, 0) is 16.0 Å². The molecule has 1 heterocycles. The lowest BCUT2D eigenvalue weighted by molar-refractivity contribution is -0.137. The summed E-state index contributed by atoms with van der Waals surface area (Å²) in [5.74, 6) is 0. The second-order valence-electron chi connectivity index (χ2n) is 6.29. The van der Waals surface area contributed by atoms with E-state index in [2.05, 4.69) is 5.10 Å². The van der Waals surface area contributed by atoms with E-state index in [0.717, 1.165) is 24.1 Å². The summed E-state index contributed by atoms with van der Waals surface area (Å²) < 4.78 is 61.4. The van der Waals surface area contributed by atoms with Gasteiger partial charge in [-0.15, -0.1) is 0 Å². The summed E-state index contributed by atoms with van der Waals surface area (Å²) in [5.41, 5.74) is 1.55. The fraction of sp³-hybridized carbons (Fsp3) is 0.278. The number of benzene rings is 2. The van der Waals surface area contributed by atoms with Crippen LogP contribution < -0.4 is 5.01 Å². The van der Waals surface area contributed by atoms with E-state index in [4.69, 9.17) is 0 Å². The molecule has 26 heavy (non-hydrogen) atoms. The highest BCUT2D eigenvalue weighted by atomic mass is 32.2. The van der Waals surface area contributed by atoms with Crippen molar-refractivity contribution >= 4 is 21.2 Å². The standard InChI is InChI=1S/C18H17F3N2O2S/c1-12-11-17(13-3-5-14(6-4-13)18(19,20)21)23(22-12)15-7-9-16(10-8-15)26(2,24)25/h3-10,17H,11H2,1-2H3. The van der Waals surface area contributed by atoms with Crippen LogP contribution in [0.1, 0.15) is 30.5 Å². The monoisotopic (exact) mass is 382 g/mol. The number of alkyl halides is 3. The van der Waals surface area contributed by atoms with Crippen LogP contribution in [0.15, 0.2) is 58.5 Å². The molecule has 0 saturated carbocycles. The molecular formula is C18H17F3N2O2S. The van der Waals surface area contributed by atoms with Crippen molar-refractivity contribution in [3.8, 4) is 0 Å². The minimum Gasteiger partial charge on any atom is -0.258 e. The lowest BCUT2D eigenvalue weighted by Crippen LogP contribution is -2.19. The second kappa shape index (κ2) is 6.42. The SMILES string of the molecule is CC1=NN(c2ccc(S(C)(=O)=O)cc2)C(c2ccc(C(F)(F)F)cc2)C1. The summed E-state index contributed by atoms with van der Waals surface area (Å²) in [7, 11) is -3.30. The first-order chi connectivity index (χ1) is 12.1. The van der Waals surface area contributed by atoms with E-state index in [9.17, 15) is 21.6 Å². The zero-order valence-electron chi connectivity index (χ0n) is 14.2. The van der Waals surface area contributed by atoms with Crippen molar-refractivity contribution < 1.29 is 21.6 Å². The van der Waals surface area contributed by atoms with E-state index in [1.54, 1.807) is 17.1 Å². The van der Waals surface area contributed by atoms with Crippen molar-refractivity contribution in [2.24, 2.45) is 5.10 Å². The Balaban J connectivity index is 1.91. The largest absolute Gasteiger partial charge is 0.416 e. The number of rotatable bonds is 3. The molecule has 0 aromatic heterocycles. The third-order valence-corrected chi connectivity index (χ3v) is 5.34. The molecule has 8 heteroatoms. The van der Waals surface area contributed by atoms with Crippen molar-refractivity contribution in [1.29, 1.82) is 0 Å². The molecule has 1 aliphatic rings. The van der Waals surface area contributed by atoms with Gasteiger partial charge in [0, 0.05) is 18.4 Å². The molecule has 1 unspecified atom stereocenters. The maximum atomic E-state index is 12.8. The van der Waals surface area contributed by atoms with Gasteiger partial charge in [0.2, 0.25) is 0 Å². The minimum atomic E-state index is -4.37. The Morgan fingerprint density at radius 1 is 1.04 bits per heavy atom. The van der Waals surface area contributed by atoms with Gasteiger partial charge < -0.3 is 0 Å². The maximum absolute atomic E-state index is 12.8. The number of halogens is 3. The Morgan fingerprint density at radius 3 is 2.12 bits per heavy atom. The van der Waals surface area contributed by atoms with Crippen LogP contribution in [0.2, 0.25) is 0 Å². The van der Waals surface area contributed by atoms with Gasteiger partial charge in [-0.3, -0.25) is 5.01 Å². The topological polar surface area (TPSA) is 49.7 Å². The molecule has 0 amide bonds. The summed E-state index contributed by atoms with van der Waals surface area (Å²) in [5, 5.41) is 6.17. The van der Waals surface area contributed by atoms with E-state index < -0.39 is 21.6 Å². The van der Waals surface area contributed by atoms with Crippen molar-refractivity contribution in [2.45, 2.75) is 30.5 Å². The molecule has 1 aliphatic heterocycles. The molecule has 0 saturated heterocycles. The first-order valence-corrected chi connectivity index (χ1v) is 9.75. The summed E-state index contributed by atoms with van der Waals surface area (Å²) in [6.07, 6.45) is -2.66. The Hall–Kier alpha value is -2.35. The molecule has 0 spiro atoms. The molecule has 0 bridgehead atoms. The van der Waals surface area contributed by atoms with Crippen molar-refractivity contribution in [3.63, 3.8) is 0 Å². The highest BCUT2D eigenvalue weighted by Gasteiger charge is 2.32. The predicted molar refractivity (Wildman–Crippen MR) is 93.9 cm³/mol. The Kier molecular flexibility index (Phi) is 4.56. The molecule has 0 aliphatic carbocycles. The predicted octanol–water partition coefficient (Wildman–Crippen LogP) is 4.44. The third kappa shape index (κ3) is 3.75. The number of hydrogen-bond donors (Lipinski definition) is 0. The zero-order chi connectivity index (χ0) is 19.1. The summed E-state index contributed by atoms with van der Waals surface area (Å²) in [6.45, 7) is 1.85. The molecule has 0 radical (unpaired) electrons. The van der Waals surface area contributed by atoms with Crippen LogP contribution >= 0.6 is 0 Å². The second-order valence-corrected chi connectivity index (χ2v) is 8.30. The van der Waals surface area contributed by atoms with Crippen LogP contribution in [0, 0.1) is 0 Å². The highest BCUT2D eigenvalue weighted by Crippen LogP contribution is 2.37. The normalized spacial score (nSPS) is 18.1. The minimum absolute atomic E-state index is 0.201. The molecule has 0 fully saturated rings. The van der Waals surface area contributed by atoms with E-state index in [1.807, 2.05) is 6.92 Å². The molecule has 2 aromatic rings.